The monoisotopic (exact) mass is 278 g/mol. The number of fused-ring (bicyclic) bond motifs is 1. The van der Waals surface area contributed by atoms with E-state index in [0.717, 1.165) is 16.8 Å². The van der Waals surface area contributed by atoms with Gasteiger partial charge in [-0.2, -0.15) is 0 Å². The topological polar surface area (TPSA) is 58.5 Å². The van der Waals surface area contributed by atoms with E-state index in [1.54, 1.807) is 24.3 Å². The number of benzene rings is 2. The first-order chi connectivity index (χ1) is 10.0. The van der Waals surface area contributed by atoms with Gasteiger partial charge >= 0.3 is 0 Å². The quantitative estimate of drug-likeness (QED) is 0.857. The van der Waals surface area contributed by atoms with Gasteiger partial charge in [0, 0.05) is 11.1 Å². The third-order valence-electron chi connectivity index (χ3n) is 3.41. The molecule has 0 unspecified atom stereocenters. The molecule has 1 amide bonds. The molecule has 3 rings (SSSR count). The second kappa shape index (κ2) is 4.98. The Bertz CT molecular complexity index is 774. The molecule has 1 aliphatic rings. The van der Waals surface area contributed by atoms with Crippen LogP contribution in [-0.4, -0.2) is 17.4 Å². The van der Waals surface area contributed by atoms with E-state index >= 15 is 0 Å². The Labute approximate surface area is 122 Å². The van der Waals surface area contributed by atoms with Crippen molar-refractivity contribution < 1.29 is 9.59 Å². The molecule has 0 aliphatic carbocycles. The fourth-order valence-electron chi connectivity index (χ4n) is 2.28. The number of amides is 1. The SMILES string of the molecule is CC(=O)c1ccc(N=C2C(=O)Nc3ccc(C)cc32)cc1. The summed E-state index contributed by atoms with van der Waals surface area (Å²) in [6, 6.07) is 12.7. The Morgan fingerprint density at radius 3 is 2.48 bits per heavy atom. The molecule has 1 aliphatic heterocycles. The van der Waals surface area contributed by atoms with Gasteiger partial charge in [0.2, 0.25) is 0 Å². The van der Waals surface area contributed by atoms with Gasteiger partial charge in [-0.05, 0) is 50.2 Å². The van der Waals surface area contributed by atoms with E-state index in [2.05, 4.69) is 10.3 Å². The van der Waals surface area contributed by atoms with Crippen LogP contribution in [0.2, 0.25) is 0 Å². The van der Waals surface area contributed by atoms with Gasteiger partial charge in [0.05, 0.1) is 11.4 Å². The zero-order valence-electron chi connectivity index (χ0n) is 11.8. The molecule has 0 bridgehead atoms. The second-order valence-electron chi connectivity index (χ2n) is 5.07. The van der Waals surface area contributed by atoms with Gasteiger partial charge in [0.1, 0.15) is 5.71 Å². The van der Waals surface area contributed by atoms with Gasteiger partial charge in [0.25, 0.3) is 5.91 Å². The number of carbonyl (C=O) groups excluding carboxylic acids is 2. The molecule has 1 N–H and O–H groups in total. The molecule has 2 aromatic carbocycles. The Hall–Kier alpha value is -2.75. The summed E-state index contributed by atoms with van der Waals surface area (Å²) in [6.07, 6.45) is 0. The average molecular weight is 278 g/mol. The van der Waals surface area contributed by atoms with Crippen molar-refractivity contribution >= 4 is 28.8 Å². The molecular weight excluding hydrogens is 264 g/mol. The van der Waals surface area contributed by atoms with Crippen LogP contribution < -0.4 is 5.32 Å². The number of rotatable bonds is 2. The fourth-order valence-corrected chi connectivity index (χ4v) is 2.28. The van der Waals surface area contributed by atoms with Crippen molar-refractivity contribution in [2.45, 2.75) is 13.8 Å². The van der Waals surface area contributed by atoms with Crippen molar-refractivity contribution in [1.82, 2.24) is 0 Å². The predicted octanol–water partition coefficient (Wildman–Crippen LogP) is 3.27. The molecule has 0 radical (unpaired) electrons. The average Bonchev–Trinajstić information content (AvgIpc) is 2.76. The summed E-state index contributed by atoms with van der Waals surface area (Å²) in [5, 5.41) is 2.80. The van der Waals surface area contributed by atoms with Crippen LogP contribution in [0.3, 0.4) is 0 Å². The number of Topliss-reactive ketones (excluding diaryl/α,β-unsaturated/α-hetero) is 1. The van der Waals surface area contributed by atoms with Crippen LogP contribution in [0, 0.1) is 6.92 Å². The van der Waals surface area contributed by atoms with Crippen LogP contribution in [-0.2, 0) is 4.79 Å². The highest BCUT2D eigenvalue weighted by molar-refractivity contribution is 6.54. The lowest BCUT2D eigenvalue weighted by Crippen LogP contribution is -2.13. The van der Waals surface area contributed by atoms with Crippen LogP contribution >= 0.6 is 0 Å². The number of anilines is 1. The fraction of sp³-hybridized carbons (Fsp3) is 0.118. The molecule has 104 valence electrons. The van der Waals surface area contributed by atoms with Crippen LogP contribution in [0.1, 0.15) is 28.4 Å². The third-order valence-corrected chi connectivity index (χ3v) is 3.41. The number of carbonyl (C=O) groups is 2. The molecule has 0 aromatic heterocycles. The maximum absolute atomic E-state index is 12.0. The Balaban J connectivity index is 2.02. The first kappa shape index (κ1) is 13.2. The van der Waals surface area contributed by atoms with Crippen molar-refractivity contribution in [2.75, 3.05) is 5.32 Å². The van der Waals surface area contributed by atoms with Crippen molar-refractivity contribution in [3.8, 4) is 0 Å². The number of hydrogen-bond donors (Lipinski definition) is 1. The minimum atomic E-state index is -0.203. The van der Waals surface area contributed by atoms with Gasteiger partial charge in [-0.25, -0.2) is 4.99 Å². The molecule has 0 saturated heterocycles. The van der Waals surface area contributed by atoms with E-state index in [9.17, 15) is 9.59 Å². The number of hydrogen-bond acceptors (Lipinski definition) is 3. The number of ketones is 1. The van der Waals surface area contributed by atoms with Crippen molar-refractivity contribution in [3.63, 3.8) is 0 Å². The van der Waals surface area contributed by atoms with Crippen molar-refractivity contribution in [2.24, 2.45) is 4.99 Å². The summed E-state index contributed by atoms with van der Waals surface area (Å²) in [7, 11) is 0. The number of nitrogens with zero attached hydrogens (tertiary/aromatic N) is 1. The molecule has 0 fully saturated rings. The highest BCUT2D eigenvalue weighted by atomic mass is 16.2. The van der Waals surface area contributed by atoms with E-state index in [-0.39, 0.29) is 11.7 Å². The molecule has 21 heavy (non-hydrogen) atoms. The maximum atomic E-state index is 12.0. The number of aliphatic imine (C=N–C) groups is 1. The van der Waals surface area contributed by atoms with Crippen LogP contribution in [0.25, 0.3) is 0 Å². The van der Waals surface area contributed by atoms with E-state index in [0.29, 0.717) is 17.0 Å². The summed E-state index contributed by atoms with van der Waals surface area (Å²) in [4.78, 5) is 27.7. The van der Waals surface area contributed by atoms with Crippen LogP contribution in [0.15, 0.2) is 47.5 Å². The van der Waals surface area contributed by atoms with Gasteiger partial charge in [-0.3, -0.25) is 9.59 Å². The summed E-state index contributed by atoms with van der Waals surface area (Å²) >= 11 is 0. The molecule has 0 atom stereocenters. The largest absolute Gasteiger partial charge is 0.320 e. The smallest absolute Gasteiger partial charge is 0.275 e. The van der Waals surface area contributed by atoms with Gasteiger partial charge in [0.15, 0.2) is 5.78 Å². The third kappa shape index (κ3) is 2.48. The molecular formula is C17H14N2O2. The highest BCUT2D eigenvalue weighted by Gasteiger charge is 2.25. The standard InChI is InChI=1S/C17H14N2O2/c1-10-3-8-15-14(9-10)16(17(21)19-15)18-13-6-4-12(5-7-13)11(2)20/h3-9H,1-2H3,(H,18,19,21). The van der Waals surface area contributed by atoms with E-state index in [1.807, 2.05) is 25.1 Å². The number of aryl methyl sites for hydroxylation is 1. The van der Waals surface area contributed by atoms with Crippen LogP contribution in [0.4, 0.5) is 11.4 Å². The molecule has 0 saturated carbocycles. The van der Waals surface area contributed by atoms with Gasteiger partial charge < -0.3 is 5.32 Å². The van der Waals surface area contributed by atoms with E-state index in [4.69, 9.17) is 0 Å². The Kier molecular flexibility index (Phi) is 3.14. The zero-order chi connectivity index (χ0) is 15.0. The van der Waals surface area contributed by atoms with Crippen molar-refractivity contribution in [3.05, 3.63) is 59.2 Å². The molecule has 0 spiro atoms. The minimum Gasteiger partial charge on any atom is -0.320 e. The normalized spacial score (nSPS) is 15.0. The second-order valence-corrected chi connectivity index (χ2v) is 5.07. The Morgan fingerprint density at radius 1 is 1.10 bits per heavy atom. The number of nitrogens with one attached hydrogen (secondary N) is 1. The summed E-state index contributed by atoms with van der Waals surface area (Å²) in [5.74, 6) is -0.194. The summed E-state index contributed by atoms with van der Waals surface area (Å²) in [6.45, 7) is 3.49. The zero-order valence-corrected chi connectivity index (χ0v) is 11.8. The van der Waals surface area contributed by atoms with E-state index < -0.39 is 0 Å². The summed E-state index contributed by atoms with van der Waals surface area (Å²) < 4.78 is 0. The first-order valence-corrected chi connectivity index (χ1v) is 6.66. The highest BCUT2D eigenvalue weighted by Crippen LogP contribution is 2.26. The molecule has 1 heterocycles. The molecule has 2 aromatic rings. The lowest BCUT2D eigenvalue weighted by molar-refractivity contribution is -0.110. The predicted molar refractivity (Wildman–Crippen MR) is 82.5 cm³/mol. The van der Waals surface area contributed by atoms with Gasteiger partial charge in [-0.15, -0.1) is 0 Å². The Morgan fingerprint density at radius 2 is 1.81 bits per heavy atom. The minimum absolute atomic E-state index is 0.00813. The molecule has 4 heteroatoms. The molecule has 4 nitrogen and oxygen atoms in total. The van der Waals surface area contributed by atoms with Crippen LogP contribution in [0.5, 0.6) is 0 Å². The summed E-state index contributed by atoms with van der Waals surface area (Å²) in [5.41, 5.74) is 4.36. The lowest BCUT2D eigenvalue weighted by Gasteiger charge is -2.00. The first-order valence-electron chi connectivity index (χ1n) is 6.66. The van der Waals surface area contributed by atoms with E-state index in [1.165, 1.54) is 6.92 Å². The lowest BCUT2D eigenvalue weighted by atomic mass is 10.1. The van der Waals surface area contributed by atoms with Crippen molar-refractivity contribution in [1.29, 1.82) is 0 Å². The van der Waals surface area contributed by atoms with Gasteiger partial charge in [-0.1, -0.05) is 11.6 Å². The maximum Gasteiger partial charge on any atom is 0.275 e.